The number of carbonyl (C=O) groups excluding carboxylic acids is 1. The van der Waals surface area contributed by atoms with E-state index in [1.807, 2.05) is 29.9 Å². The van der Waals surface area contributed by atoms with Crippen LogP contribution in [0, 0.1) is 5.92 Å². The van der Waals surface area contributed by atoms with Gasteiger partial charge in [0.15, 0.2) is 0 Å². The number of hydrogen-bond acceptors (Lipinski definition) is 2. The van der Waals surface area contributed by atoms with E-state index in [9.17, 15) is 4.79 Å². The van der Waals surface area contributed by atoms with Crippen molar-refractivity contribution in [3.05, 3.63) is 24.0 Å². The van der Waals surface area contributed by atoms with Crippen LogP contribution in [0.2, 0.25) is 0 Å². The largest absolute Gasteiger partial charge is 0.370 e. The van der Waals surface area contributed by atoms with Gasteiger partial charge in [-0.2, -0.15) is 0 Å². The number of ether oxygens (including phenoxy) is 1. The summed E-state index contributed by atoms with van der Waals surface area (Å²) in [6.45, 7) is 2.50. The zero-order valence-electron chi connectivity index (χ0n) is 10.7. The highest BCUT2D eigenvalue weighted by molar-refractivity contribution is 5.95. The van der Waals surface area contributed by atoms with Crippen LogP contribution in [0.1, 0.15) is 43.1 Å². The van der Waals surface area contributed by atoms with Gasteiger partial charge in [0.05, 0.1) is 11.8 Å². The molecule has 0 saturated heterocycles. The van der Waals surface area contributed by atoms with E-state index in [0.29, 0.717) is 0 Å². The first-order chi connectivity index (χ1) is 8.16. The van der Waals surface area contributed by atoms with E-state index < -0.39 is 0 Å². The van der Waals surface area contributed by atoms with Gasteiger partial charge in [-0.1, -0.05) is 6.92 Å². The lowest BCUT2D eigenvalue weighted by Crippen LogP contribution is -2.24. The van der Waals surface area contributed by atoms with E-state index in [1.165, 1.54) is 12.8 Å². The number of hydrogen-bond donors (Lipinski definition) is 0. The molecule has 0 bridgehead atoms. The van der Waals surface area contributed by atoms with Crippen LogP contribution >= 0.6 is 0 Å². The van der Waals surface area contributed by atoms with Crippen LogP contribution in [0.4, 0.5) is 0 Å². The Morgan fingerprint density at radius 1 is 1.41 bits per heavy atom. The Balaban J connectivity index is 1.79. The SMILES string of the molecule is CC1CCC(OCC(=O)c2cccn2C)CC1. The molecule has 1 aromatic rings. The van der Waals surface area contributed by atoms with Crippen molar-refractivity contribution in [2.75, 3.05) is 6.61 Å². The zero-order valence-corrected chi connectivity index (χ0v) is 10.7. The summed E-state index contributed by atoms with van der Waals surface area (Å²) in [5.41, 5.74) is 0.731. The van der Waals surface area contributed by atoms with Crippen molar-refractivity contribution in [3.63, 3.8) is 0 Å². The van der Waals surface area contributed by atoms with E-state index in [2.05, 4.69) is 6.92 Å². The first-order valence-electron chi connectivity index (χ1n) is 6.43. The van der Waals surface area contributed by atoms with Gasteiger partial charge >= 0.3 is 0 Å². The lowest BCUT2D eigenvalue weighted by Gasteiger charge is -2.25. The van der Waals surface area contributed by atoms with Crippen molar-refractivity contribution in [3.8, 4) is 0 Å². The first kappa shape index (κ1) is 12.4. The first-order valence-corrected chi connectivity index (χ1v) is 6.43. The molecule has 0 amide bonds. The summed E-state index contributed by atoms with van der Waals surface area (Å²) < 4.78 is 7.55. The van der Waals surface area contributed by atoms with Gasteiger partial charge in [0.25, 0.3) is 0 Å². The monoisotopic (exact) mass is 235 g/mol. The molecular weight excluding hydrogens is 214 g/mol. The van der Waals surface area contributed by atoms with Crippen molar-refractivity contribution in [1.29, 1.82) is 0 Å². The Morgan fingerprint density at radius 2 is 2.12 bits per heavy atom. The molecule has 1 fully saturated rings. The van der Waals surface area contributed by atoms with Crippen LogP contribution in [0.25, 0.3) is 0 Å². The number of aromatic nitrogens is 1. The molecule has 0 aromatic carbocycles. The minimum atomic E-state index is 0.0797. The highest BCUT2D eigenvalue weighted by atomic mass is 16.5. The maximum atomic E-state index is 11.9. The van der Waals surface area contributed by atoms with Gasteiger partial charge in [-0.15, -0.1) is 0 Å². The molecule has 1 heterocycles. The fourth-order valence-corrected chi connectivity index (χ4v) is 2.41. The molecule has 1 saturated carbocycles. The molecule has 0 atom stereocenters. The van der Waals surface area contributed by atoms with Crippen molar-refractivity contribution >= 4 is 5.78 Å². The Kier molecular flexibility index (Phi) is 4.00. The standard InChI is InChI=1S/C14H21NO2/c1-11-5-7-12(8-6-11)17-10-14(16)13-4-3-9-15(13)2/h3-4,9,11-12H,5-8,10H2,1-2H3. The van der Waals surface area contributed by atoms with Crippen molar-refractivity contribution in [2.24, 2.45) is 13.0 Å². The summed E-state index contributed by atoms with van der Waals surface area (Å²) in [5.74, 6) is 0.898. The van der Waals surface area contributed by atoms with Crippen LogP contribution < -0.4 is 0 Å². The van der Waals surface area contributed by atoms with Gasteiger partial charge in [-0.25, -0.2) is 0 Å². The van der Waals surface area contributed by atoms with E-state index >= 15 is 0 Å². The molecule has 2 rings (SSSR count). The Morgan fingerprint density at radius 3 is 2.71 bits per heavy atom. The van der Waals surface area contributed by atoms with E-state index in [1.54, 1.807) is 0 Å². The highest BCUT2D eigenvalue weighted by Crippen LogP contribution is 2.25. The number of nitrogens with zero attached hydrogens (tertiary/aromatic N) is 1. The average molecular weight is 235 g/mol. The number of ketones is 1. The van der Waals surface area contributed by atoms with Gasteiger partial charge < -0.3 is 9.30 Å². The molecule has 17 heavy (non-hydrogen) atoms. The molecule has 3 nitrogen and oxygen atoms in total. The van der Waals surface area contributed by atoms with E-state index in [0.717, 1.165) is 24.5 Å². The molecule has 0 unspecified atom stereocenters. The summed E-state index contributed by atoms with van der Waals surface area (Å²) in [6.07, 6.45) is 6.82. The van der Waals surface area contributed by atoms with Gasteiger partial charge in [0, 0.05) is 13.2 Å². The number of carbonyl (C=O) groups is 1. The molecule has 3 heteroatoms. The second-order valence-corrected chi connectivity index (χ2v) is 5.12. The molecule has 1 aromatic heterocycles. The molecule has 0 spiro atoms. The Bertz CT molecular complexity index is 375. The van der Waals surface area contributed by atoms with Crippen molar-refractivity contribution < 1.29 is 9.53 Å². The summed E-state index contributed by atoms with van der Waals surface area (Å²) in [5, 5.41) is 0. The van der Waals surface area contributed by atoms with E-state index in [4.69, 9.17) is 4.74 Å². The number of aryl methyl sites for hydroxylation is 1. The van der Waals surface area contributed by atoms with Gasteiger partial charge in [0.2, 0.25) is 5.78 Å². The number of rotatable bonds is 4. The van der Waals surface area contributed by atoms with Crippen LogP contribution in [-0.4, -0.2) is 23.1 Å². The second kappa shape index (κ2) is 5.50. The quantitative estimate of drug-likeness (QED) is 0.751. The lowest BCUT2D eigenvalue weighted by molar-refractivity contribution is 0.0214. The minimum absolute atomic E-state index is 0.0797. The lowest BCUT2D eigenvalue weighted by atomic mass is 9.89. The zero-order chi connectivity index (χ0) is 12.3. The summed E-state index contributed by atoms with van der Waals surface area (Å²) in [7, 11) is 1.88. The van der Waals surface area contributed by atoms with Gasteiger partial charge in [-0.3, -0.25) is 4.79 Å². The van der Waals surface area contributed by atoms with Gasteiger partial charge in [-0.05, 0) is 43.7 Å². The maximum Gasteiger partial charge on any atom is 0.204 e. The predicted octanol–water partition coefficient (Wildman–Crippen LogP) is 2.80. The van der Waals surface area contributed by atoms with Crippen LogP contribution in [0.15, 0.2) is 18.3 Å². The van der Waals surface area contributed by atoms with E-state index in [-0.39, 0.29) is 18.5 Å². The van der Waals surface area contributed by atoms with Crippen LogP contribution in [0.3, 0.4) is 0 Å². The van der Waals surface area contributed by atoms with Crippen LogP contribution in [0.5, 0.6) is 0 Å². The normalized spacial score (nSPS) is 24.8. The summed E-state index contributed by atoms with van der Waals surface area (Å²) in [4.78, 5) is 11.9. The molecular formula is C14H21NO2. The molecule has 1 aliphatic rings. The second-order valence-electron chi connectivity index (χ2n) is 5.12. The third kappa shape index (κ3) is 3.19. The highest BCUT2D eigenvalue weighted by Gasteiger charge is 2.20. The fraction of sp³-hybridized carbons (Fsp3) is 0.643. The summed E-state index contributed by atoms with van der Waals surface area (Å²) in [6, 6.07) is 3.73. The number of Topliss-reactive ketones (excluding diaryl/α,β-unsaturated/α-hetero) is 1. The van der Waals surface area contributed by atoms with Crippen LogP contribution in [-0.2, 0) is 11.8 Å². The molecule has 0 radical (unpaired) electrons. The molecule has 94 valence electrons. The van der Waals surface area contributed by atoms with Crippen molar-refractivity contribution in [1.82, 2.24) is 4.57 Å². The summed E-state index contributed by atoms with van der Waals surface area (Å²) >= 11 is 0. The Hall–Kier alpha value is -1.09. The Labute approximate surface area is 103 Å². The minimum Gasteiger partial charge on any atom is -0.370 e. The molecule has 1 aliphatic carbocycles. The predicted molar refractivity (Wildman–Crippen MR) is 67.1 cm³/mol. The third-order valence-corrected chi connectivity index (χ3v) is 3.64. The fourth-order valence-electron chi connectivity index (χ4n) is 2.41. The topological polar surface area (TPSA) is 31.2 Å². The third-order valence-electron chi connectivity index (χ3n) is 3.64. The molecule has 0 aliphatic heterocycles. The maximum absolute atomic E-state index is 11.9. The van der Waals surface area contributed by atoms with Gasteiger partial charge in [0.1, 0.15) is 6.61 Å². The molecule has 0 N–H and O–H groups in total. The smallest absolute Gasteiger partial charge is 0.204 e. The average Bonchev–Trinajstić information content (AvgIpc) is 2.74. The van der Waals surface area contributed by atoms with Crippen molar-refractivity contribution in [2.45, 2.75) is 38.7 Å².